The molecule has 19 heavy (non-hydrogen) atoms. The Labute approximate surface area is 114 Å². The smallest absolute Gasteiger partial charge is 0.136 e. The largest absolute Gasteiger partial charge is 0.370 e. The Hall–Kier alpha value is -2.10. The Bertz CT molecular complexity index is 558. The number of nitrogens with zero attached hydrogens (tertiary/aromatic N) is 2. The van der Waals surface area contributed by atoms with E-state index in [1.165, 1.54) is 11.1 Å². The van der Waals surface area contributed by atoms with Crippen molar-refractivity contribution in [1.29, 1.82) is 0 Å². The molecule has 4 nitrogen and oxygen atoms in total. The predicted molar refractivity (Wildman–Crippen MR) is 80.1 cm³/mol. The first-order valence-electron chi connectivity index (χ1n) is 6.51. The Balaban J connectivity index is 2.27. The summed E-state index contributed by atoms with van der Waals surface area (Å²) in [7, 11) is 0. The molecule has 0 saturated carbocycles. The maximum Gasteiger partial charge on any atom is 0.136 e. The fourth-order valence-corrected chi connectivity index (χ4v) is 2.10. The molecule has 0 aliphatic rings. The van der Waals surface area contributed by atoms with E-state index < -0.39 is 0 Å². The summed E-state index contributed by atoms with van der Waals surface area (Å²) in [4.78, 5) is 8.75. The highest BCUT2D eigenvalue weighted by atomic mass is 15.1. The lowest BCUT2D eigenvalue weighted by atomic mass is 10.1. The first-order valence-corrected chi connectivity index (χ1v) is 6.51. The second-order valence-electron chi connectivity index (χ2n) is 4.72. The fraction of sp³-hybridized carbons (Fsp3) is 0.333. The van der Waals surface area contributed by atoms with Gasteiger partial charge < -0.3 is 10.6 Å². The molecule has 0 unspecified atom stereocenters. The van der Waals surface area contributed by atoms with E-state index in [4.69, 9.17) is 0 Å². The van der Waals surface area contributed by atoms with Gasteiger partial charge in [0.15, 0.2) is 0 Å². The molecule has 0 radical (unpaired) electrons. The molecular formula is C15H20N4. The van der Waals surface area contributed by atoms with Crippen LogP contribution in [0, 0.1) is 20.8 Å². The van der Waals surface area contributed by atoms with Crippen LogP contribution in [-0.2, 0) is 0 Å². The van der Waals surface area contributed by atoms with Crippen LogP contribution in [0.4, 0.5) is 17.3 Å². The molecule has 0 aliphatic heterocycles. The molecule has 4 heteroatoms. The number of rotatable bonds is 4. The molecule has 2 aromatic rings. The van der Waals surface area contributed by atoms with E-state index in [0.29, 0.717) is 0 Å². The van der Waals surface area contributed by atoms with Gasteiger partial charge in [0, 0.05) is 18.3 Å². The average Bonchev–Trinajstić information content (AvgIpc) is 2.26. The second kappa shape index (κ2) is 5.69. The van der Waals surface area contributed by atoms with Gasteiger partial charge in [-0.05, 0) is 51.0 Å². The van der Waals surface area contributed by atoms with Gasteiger partial charge in [-0.25, -0.2) is 9.97 Å². The van der Waals surface area contributed by atoms with E-state index in [1.807, 2.05) is 13.0 Å². The quantitative estimate of drug-likeness (QED) is 0.878. The predicted octanol–water partition coefficient (Wildman–Crippen LogP) is 3.58. The Morgan fingerprint density at radius 1 is 0.895 bits per heavy atom. The second-order valence-corrected chi connectivity index (χ2v) is 4.72. The van der Waals surface area contributed by atoms with Crippen LogP contribution < -0.4 is 10.6 Å². The number of aromatic nitrogens is 2. The number of benzene rings is 1. The lowest BCUT2D eigenvalue weighted by Gasteiger charge is -2.10. The third kappa shape index (κ3) is 3.68. The molecule has 0 fully saturated rings. The number of hydrogen-bond donors (Lipinski definition) is 2. The maximum atomic E-state index is 4.41. The van der Waals surface area contributed by atoms with Gasteiger partial charge in [0.1, 0.15) is 17.5 Å². The summed E-state index contributed by atoms with van der Waals surface area (Å²) in [5.74, 6) is 2.42. The van der Waals surface area contributed by atoms with Gasteiger partial charge in [0.25, 0.3) is 0 Å². The van der Waals surface area contributed by atoms with Gasteiger partial charge in [-0.15, -0.1) is 0 Å². The summed E-state index contributed by atoms with van der Waals surface area (Å²) in [6.45, 7) is 8.97. The zero-order valence-corrected chi connectivity index (χ0v) is 11.9. The van der Waals surface area contributed by atoms with Gasteiger partial charge in [-0.2, -0.15) is 0 Å². The van der Waals surface area contributed by atoms with Crippen LogP contribution >= 0.6 is 0 Å². The highest BCUT2D eigenvalue weighted by Crippen LogP contribution is 2.20. The molecule has 0 bridgehead atoms. The Morgan fingerprint density at radius 2 is 1.53 bits per heavy atom. The standard InChI is InChI=1S/C15H20N4/c1-5-16-14-9-15(18-12(4)17-14)19-13-7-10(2)6-11(3)8-13/h6-9H,5H2,1-4H3,(H2,16,17,18,19). The van der Waals surface area contributed by atoms with Gasteiger partial charge in [-0.1, -0.05) is 6.07 Å². The number of nitrogens with one attached hydrogen (secondary N) is 2. The summed E-state index contributed by atoms with van der Waals surface area (Å²) in [6.07, 6.45) is 0. The van der Waals surface area contributed by atoms with Crippen LogP contribution in [0.2, 0.25) is 0 Å². The van der Waals surface area contributed by atoms with Gasteiger partial charge >= 0.3 is 0 Å². The van der Waals surface area contributed by atoms with E-state index in [2.05, 4.69) is 59.6 Å². The van der Waals surface area contributed by atoms with E-state index in [-0.39, 0.29) is 0 Å². The number of aryl methyl sites for hydroxylation is 3. The SMILES string of the molecule is CCNc1cc(Nc2cc(C)cc(C)c2)nc(C)n1. The first-order chi connectivity index (χ1) is 9.06. The summed E-state index contributed by atoms with van der Waals surface area (Å²) >= 11 is 0. The van der Waals surface area contributed by atoms with Crippen molar-refractivity contribution in [3.8, 4) is 0 Å². The van der Waals surface area contributed by atoms with Crippen LogP contribution in [0.1, 0.15) is 23.9 Å². The van der Waals surface area contributed by atoms with Crippen molar-refractivity contribution in [2.24, 2.45) is 0 Å². The molecule has 1 aromatic carbocycles. The number of anilines is 3. The fourth-order valence-electron chi connectivity index (χ4n) is 2.10. The maximum absolute atomic E-state index is 4.41. The zero-order chi connectivity index (χ0) is 13.8. The molecule has 100 valence electrons. The minimum absolute atomic E-state index is 0.755. The van der Waals surface area contributed by atoms with Crippen molar-refractivity contribution in [3.05, 3.63) is 41.2 Å². The van der Waals surface area contributed by atoms with Crippen LogP contribution in [-0.4, -0.2) is 16.5 Å². The lowest BCUT2D eigenvalue weighted by molar-refractivity contribution is 1.04. The van der Waals surface area contributed by atoms with Gasteiger partial charge in [-0.3, -0.25) is 0 Å². The van der Waals surface area contributed by atoms with Crippen molar-refractivity contribution in [2.45, 2.75) is 27.7 Å². The molecule has 1 aromatic heterocycles. The normalized spacial score (nSPS) is 10.3. The third-order valence-corrected chi connectivity index (χ3v) is 2.69. The Morgan fingerprint density at radius 3 is 2.16 bits per heavy atom. The molecule has 0 atom stereocenters. The third-order valence-electron chi connectivity index (χ3n) is 2.69. The summed E-state index contributed by atoms with van der Waals surface area (Å²) in [6, 6.07) is 8.30. The molecule has 0 saturated heterocycles. The number of hydrogen-bond acceptors (Lipinski definition) is 4. The van der Waals surface area contributed by atoms with E-state index in [0.717, 1.165) is 29.7 Å². The lowest BCUT2D eigenvalue weighted by Crippen LogP contribution is -2.04. The van der Waals surface area contributed by atoms with Gasteiger partial charge in [0.2, 0.25) is 0 Å². The zero-order valence-electron chi connectivity index (χ0n) is 11.9. The molecule has 2 N–H and O–H groups in total. The average molecular weight is 256 g/mol. The van der Waals surface area contributed by atoms with E-state index >= 15 is 0 Å². The van der Waals surface area contributed by atoms with E-state index in [9.17, 15) is 0 Å². The summed E-state index contributed by atoms with van der Waals surface area (Å²) < 4.78 is 0. The topological polar surface area (TPSA) is 49.8 Å². The van der Waals surface area contributed by atoms with Crippen molar-refractivity contribution >= 4 is 17.3 Å². The summed E-state index contributed by atoms with van der Waals surface area (Å²) in [5.41, 5.74) is 3.53. The van der Waals surface area contributed by atoms with Crippen LogP contribution in [0.5, 0.6) is 0 Å². The van der Waals surface area contributed by atoms with E-state index in [1.54, 1.807) is 0 Å². The highest BCUT2D eigenvalue weighted by molar-refractivity contribution is 5.60. The van der Waals surface area contributed by atoms with Crippen LogP contribution in [0.25, 0.3) is 0 Å². The molecule has 0 aliphatic carbocycles. The summed E-state index contributed by atoms with van der Waals surface area (Å²) in [5, 5.41) is 6.54. The minimum Gasteiger partial charge on any atom is -0.370 e. The van der Waals surface area contributed by atoms with Gasteiger partial charge in [0.05, 0.1) is 0 Å². The highest BCUT2D eigenvalue weighted by Gasteiger charge is 2.02. The minimum atomic E-state index is 0.755. The molecular weight excluding hydrogens is 236 g/mol. The van der Waals surface area contributed by atoms with Crippen molar-refractivity contribution < 1.29 is 0 Å². The van der Waals surface area contributed by atoms with Crippen LogP contribution in [0.3, 0.4) is 0 Å². The Kier molecular flexibility index (Phi) is 4.00. The molecule has 1 heterocycles. The molecule has 0 spiro atoms. The van der Waals surface area contributed by atoms with Crippen molar-refractivity contribution in [2.75, 3.05) is 17.2 Å². The van der Waals surface area contributed by atoms with Crippen molar-refractivity contribution in [1.82, 2.24) is 9.97 Å². The molecule has 0 amide bonds. The molecule has 2 rings (SSSR count). The first kappa shape index (κ1) is 13.3. The van der Waals surface area contributed by atoms with Crippen molar-refractivity contribution in [3.63, 3.8) is 0 Å². The van der Waals surface area contributed by atoms with Crippen LogP contribution in [0.15, 0.2) is 24.3 Å². The monoisotopic (exact) mass is 256 g/mol.